The normalized spacial score (nSPS) is 10.7. The highest BCUT2D eigenvalue weighted by Gasteiger charge is 2.20. The summed E-state index contributed by atoms with van der Waals surface area (Å²) >= 11 is 0. The van der Waals surface area contributed by atoms with E-state index in [1.807, 2.05) is 76.2 Å². The molecule has 0 amide bonds. The number of hydrogen-bond donors (Lipinski definition) is 0. The van der Waals surface area contributed by atoms with Gasteiger partial charge in [0.15, 0.2) is 0 Å². The summed E-state index contributed by atoms with van der Waals surface area (Å²) in [6.45, 7) is 9.55. The minimum Gasteiger partial charge on any atom is -0.462 e. The van der Waals surface area contributed by atoms with Gasteiger partial charge in [-0.15, -0.1) is 0 Å². The molecule has 0 N–H and O–H groups in total. The Hall–Kier alpha value is -5.50. The molecule has 0 radical (unpaired) electrons. The van der Waals surface area contributed by atoms with Gasteiger partial charge in [-0.1, -0.05) is 102 Å². The van der Waals surface area contributed by atoms with Crippen molar-refractivity contribution in [3.05, 3.63) is 142 Å². The summed E-state index contributed by atoms with van der Waals surface area (Å²) in [7, 11) is 0. The second-order valence-electron chi connectivity index (χ2n) is 13.0. The average Bonchev–Trinajstić information content (AvgIpc) is 3.20. The summed E-state index contributed by atoms with van der Waals surface area (Å²) < 4.78 is 21.9. The number of ether oxygens (including phenoxy) is 4. The first-order valence-electron chi connectivity index (χ1n) is 19.2. The van der Waals surface area contributed by atoms with Gasteiger partial charge in [0, 0.05) is 0 Å². The fourth-order valence-electron chi connectivity index (χ4n) is 5.57. The third-order valence-corrected chi connectivity index (χ3v) is 8.81. The summed E-state index contributed by atoms with van der Waals surface area (Å²) in [6, 6.07) is 28.9. The molecule has 284 valence electrons. The van der Waals surface area contributed by atoms with Gasteiger partial charge in [0.2, 0.25) is 0 Å². The molecular weight excluding hydrogens is 680 g/mol. The zero-order valence-corrected chi connectivity index (χ0v) is 32.0. The van der Waals surface area contributed by atoms with E-state index in [9.17, 15) is 19.2 Å². The molecule has 4 aromatic rings. The van der Waals surface area contributed by atoms with Crippen LogP contribution in [0.5, 0.6) is 0 Å². The maximum atomic E-state index is 12.8. The Bertz CT molecular complexity index is 1570. The summed E-state index contributed by atoms with van der Waals surface area (Å²) in [5, 5.41) is 0. The topological polar surface area (TPSA) is 105 Å². The van der Waals surface area contributed by atoms with Crippen LogP contribution >= 0.6 is 0 Å². The van der Waals surface area contributed by atoms with E-state index >= 15 is 0 Å². The third kappa shape index (κ3) is 11.8. The van der Waals surface area contributed by atoms with Crippen molar-refractivity contribution in [1.29, 1.82) is 0 Å². The monoisotopic (exact) mass is 732 g/mol. The Morgan fingerprint density at radius 2 is 0.481 bits per heavy atom. The summed E-state index contributed by atoms with van der Waals surface area (Å²) in [5.41, 5.74) is 6.47. The maximum Gasteiger partial charge on any atom is 0.338 e. The van der Waals surface area contributed by atoms with E-state index in [2.05, 4.69) is 0 Å². The van der Waals surface area contributed by atoms with E-state index in [0.717, 1.165) is 84.8 Å². The fraction of sp³-hybridized carbons (Fsp3) is 0.348. The molecule has 4 rings (SSSR count). The lowest BCUT2D eigenvalue weighted by Crippen LogP contribution is -2.08. The Kier molecular flexibility index (Phi) is 16.7. The number of esters is 4. The first-order chi connectivity index (χ1) is 26.3. The molecule has 4 aromatic carbocycles. The molecule has 0 aliphatic heterocycles. The van der Waals surface area contributed by atoms with E-state index < -0.39 is 23.9 Å². The van der Waals surface area contributed by atoms with E-state index in [4.69, 9.17) is 18.9 Å². The lowest BCUT2D eigenvalue weighted by atomic mass is 9.85. The molecule has 0 spiro atoms. The highest BCUT2D eigenvalue weighted by molar-refractivity contribution is 6.06. The first-order valence-corrected chi connectivity index (χ1v) is 19.2. The average molecular weight is 733 g/mol. The molecule has 0 fully saturated rings. The maximum absolute atomic E-state index is 12.8. The number of hydrogen-bond acceptors (Lipinski definition) is 8. The van der Waals surface area contributed by atoms with Crippen molar-refractivity contribution in [2.45, 2.75) is 79.1 Å². The van der Waals surface area contributed by atoms with Crippen molar-refractivity contribution >= 4 is 35.0 Å². The molecule has 0 saturated carbocycles. The molecule has 0 saturated heterocycles. The lowest BCUT2D eigenvalue weighted by molar-refractivity contribution is 0.0490. The fourth-order valence-corrected chi connectivity index (χ4v) is 5.57. The van der Waals surface area contributed by atoms with Gasteiger partial charge in [0.1, 0.15) is 0 Å². The summed E-state index contributed by atoms with van der Waals surface area (Å²) in [5.74, 6) is -1.58. The molecule has 0 unspecified atom stereocenters. The van der Waals surface area contributed by atoms with E-state index in [-0.39, 0.29) is 0 Å². The van der Waals surface area contributed by atoms with Gasteiger partial charge >= 0.3 is 23.9 Å². The SMILES string of the molecule is CCCCOC(=O)c1ccc(C(=C(c2ccc(C(=O)OCCCC)cc2)c2ccc(C(=O)OCCCC)cc2)c2ccc(C(=O)OCCCC)cc2)cc1. The number of carbonyl (C=O) groups is 4. The predicted molar refractivity (Wildman–Crippen MR) is 212 cm³/mol. The number of unbranched alkanes of at least 4 members (excludes halogenated alkanes) is 4. The van der Waals surface area contributed by atoms with Crippen molar-refractivity contribution in [2.24, 2.45) is 0 Å². The second kappa shape index (κ2) is 21.9. The zero-order chi connectivity index (χ0) is 38.7. The van der Waals surface area contributed by atoms with Crippen molar-refractivity contribution in [3.63, 3.8) is 0 Å². The van der Waals surface area contributed by atoms with Crippen LogP contribution in [0.4, 0.5) is 0 Å². The molecule has 8 heteroatoms. The van der Waals surface area contributed by atoms with Gasteiger partial charge in [-0.25, -0.2) is 19.2 Å². The van der Waals surface area contributed by atoms with Gasteiger partial charge in [-0.2, -0.15) is 0 Å². The van der Waals surface area contributed by atoms with Gasteiger partial charge in [-0.3, -0.25) is 0 Å². The number of carbonyl (C=O) groups excluding carboxylic acids is 4. The van der Waals surface area contributed by atoms with Crippen LogP contribution in [0.15, 0.2) is 97.1 Å². The molecule has 0 aromatic heterocycles. The van der Waals surface area contributed by atoms with Crippen molar-refractivity contribution in [2.75, 3.05) is 26.4 Å². The minimum absolute atomic E-state index is 0.351. The molecule has 0 bridgehead atoms. The highest BCUT2D eigenvalue weighted by Crippen LogP contribution is 2.37. The Morgan fingerprint density at radius 3 is 0.648 bits per heavy atom. The van der Waals surface area contributed by atoms with E-state index in [0.29, 0.717) is 48.7 Å². The Balaban J connectivity index is 1.88. The number of rotatable bonds is 20. The predicted octanol–water partition coefficient (Wildman–Crippen LogP) is 10.5. The Morgan fingerprint density at radius 1 is 0.315 bits per heavy atom. The van der Waals surface area contributed by atoms with E-state index in [1.54, 1.807) is 48.5 Å². The second-order valence-corrected chi connectivity index (χ2v) is 13.0. The van der Waals surface area contributed by atoms with Crippen LogP contribution in [0, 0.1) is 0 Å². The number of benzene rings is 4. The lowest BCUT2D eigenvalue weighted by Gasteiger charge is -2.19. The summed E-state index contributed by atoms with van der Waals surface area (Å²) in [6.07, 6.45) is 6.81. The van der Waals surface area contributed by atoms with Gasteiger partial charge in [-0.05, 0) is 108 Å². The Labute approximate surface area is 319 Å². The van der Waals surface area contributed by atoms with Crippen molar-refractivity contribution in [1.82, 2.24) is 0 Å². The van der Waals surface area contributed by atoms with Crippen LogP contribution in [0.2, 0.25) is 0 Å². The molecular formula is C46H52O8. The molecule has 8 nitrogen and oxygen atoms in total. The molecule has 0 atom stereocenters. The first kappa shape index (κ1) is 41.3. The largest absolute Gasteiger partial charge is 0.462 e. The van der Waals surface area contributed by atoms with E-state index in [1.165, 1.54) is 0 Å². The van der Waals surface area contributed by atoms with Gasteiger partial charge in [0.25, 0.3) is 0 Å². The smallest absolute Gasteiger partial charge is 0.338 e. The van der Waals surface area contributed by atoms with Crippen molar-refractivity contribution < 1.29 is 38.1 Å². The molecule has 0 heterocycles. The van der Waals surface area contributed by atoms with Crippen LogP contribution in [-0.4, -0.2) is 50.3 Å². The molecule has 54 heavy (non-hydrogen) atoms. The van der Waals surface area contributed by atoms with Gasteiger partial charge < -0.3 is 18.9 Å². The summed E-state index contributed by atoms with van der Waals surface area (Å²) in [4.78, 5) is 51.3. The zero-order valence-electron chi connectivity index (χ0n) is 32.0. The van der Waals surface area contributed by atoms with Gasteiger partial charge in [0.05, 0.1) is 48.7 Å². The van der Waals surface area contributed by atoms with Crippen LogP contribution in [0.3, 0.4) is 0 Å². The van der Waals surface area contributed by atoms with Crippen LogP contribution in [-0.2, 0) is 18.9 Å². The standard InChI is InChI=1S/C46H52O8/c1-5-9-29-51-43(47)37-21-13-33(14-22-37)41(34-15-23-38(24-16-34)44(48)52-30-10-6-2)42(35-17-25-39(26-18-35)45(49)53-31-11-7-3)36-19-27-40(28-20-36)46(50)54-32-12-8-4/h13-28H,5-12,29-32H2,1-4H3. The minimum atomic E-state index is -0.394. The van der Waals surface area contributed by atoms with Crippen LogP contribution in [0.1, 0.15) is 143 Å². The van der Waals surface area contributed by atoms with Crippen molar-refractivity contribution in [3.8, 4) is 0 Å². The van der Waals surface area contributed by atoms with Crippen LogP contribution in [0.25, 0.3) is 11.1 Å². The third-order valence-electron chi connectivity index (χ3n) is 8.81. The quantitative estimate of drug-likeness (QED) is 0.0383. The van der Waals surface area contributed by atoms with Crippen LogP contribution < -0.4 is 0 Å². The molecule has 0 aliphatic rings. The highest BCUT2D eigenvalue weighted by atomic mass is 16.5. The molecule has 0 aliphatic carbocycles.